The SMILES string of the molecule is Cc1cccnc1C(c1ccccc1Br)N1CCC(C(=O)O)CC1. The molecule has 24 heavy (non-hydrogen) atoms. The van der Waals surface area contributed by atoms with Crippen molar-refractivity contribution in [3.05, 3.63) is 63.9 Å². The van der Waals surface area contributed by atoms with Crippen LogP contribution < -0.4 is 0 Å². The van der Waals surface area contributed by atoms with E-state index in [4.69, 9.17) is 0 Å². The zero-order valence-electron chi connectivity index (χ0n) is 13.7. The number of carboxylic acid groups (broad SMARTS) is 1. The van der Waals surface area contributed by atoms with E-state index in [9.17, 15) is 9.90 Å². The molecule has 0 spiro atoms. The summed E-state index contributed by atoms with van der Waals surface area (Å²) < 4.78 is 1.06. The number of likely N-dealkylation sites (tertiary alicyclic amines) is 1. The third-order valence-corrected chi connectivity index (χ3v) is 5.47. The molecule has 2 aromatic rings. The fraction of sp³-hybridized carbons (Fsp3) is 0.368. The van der Waals surface area contributed by atoms with Crippen molar-refractivity contribution in [2.75, 3.05) is 13.1 Å². The number of benzene rings is 1. The van der Waals surface area contributed by atoms with Crippen molar-refractivity contribution in [3.63, 3.8) is 0 Å². The third-order valence-electron chi connectivity index (χ3n) is 4.75. The van der Waals surface area contributed by atoms with Crippen LogP contribution in [0.1, 0.15) is 35.7 Å². The van der Waals surface area contributed by atoms with Gasteiger partial charge in [0.1, 0.15) is 0 Å². The predicted octanol–water partition coefficient (Wildman–Crippen LogP) is 4.04. The number of carbonyl (C=O) groups is 1. The molecule has 0 aliphatic carbocycles. The van der Waals surface area contributed by atoms with Gasteiger partial charge in [0.15, 0.2) is 0 Å². The monoisotopic (exact) mass is 388 g/mol. The van der Waals surface area contributed by atoms with Gasteiger partial charge >= 0.3 is 5.97 Å². The van der Waals surface area contributed by atoms with Crippen LogP contribution in [0.2, 0.25) is 0 Å². The van der Waals surface area contributed by atoms with Crippen molar-refractivity contribution in [3.8, 4) is 0 Å². The van der Waals surface area contributed by atoms with Crippen LogP contribution >= 0.6 is 15.9 Å². The van der Waals surface area contributed by atoms with E-state index >= 15 is 0 Å². The van der Waals surface area contributed by atoms with Crippen LogP contribution in [0, 0.1) is 12.8 Å². The molecule has 0 bridgehead atoms. The maximum atomic E-state index is 11.2. The third kappa shape index (κ3) is 3.52. The molecule has 0 amide bonds. The second-order valence-corrected chi connectivity index (χ2v) is 7.13. The molecule has 0 radical (unpaired) electrons. The number of hydrogen-bond donors (Lipinski definition) is 1. The topological polar surface area (TPSA) is 53.4 Å². The molecular formula is C19H21BrN2O2. The molecule has 1 aromatic heterocycles. The Bertz CT molecular complexity index is 681. The standard InChI is InChI=1S/C19H21BrN2O2/c1-13-5-4-10-21-17(13)18(15-6-2-3-7-16(15)20)22-11-8-14(9-12-22)19(23)24/h2-7,10,14,18H,8-9,11-12H2,1H3,(H,23,24). The summed E-state index contributed by atoms with van der Waals surface area (Å²) in [7, 11) is 0. The molecule has 1 saturated heterocycles. The molecule has 126 valence electrons. The molecule has 1 aliphatic heterocycles. The molecule has 5 heteroatoms. The van der Waals surface area contributed by atoms with E-state index in [1.807, 2.05) is 30.5 Å². The first kappa shape index (κ1) is 17.1. The summed E-state index contributed by atoms with van der Waals surface area (Å²) in [4.78, 5) is 18.2. The second-order valence-electron chi connectivity index (χ2n) is 6.28. The average Bonchev–Trinajstić information content (AvgIpc) is 2.59. The quantitative estimate of drug-likeness (QED) is 0.858. The van der Waals surface area contributed by atoms with Crippen LogP contribution in [0.15, 0.2) is 47.1 Å². The van der Waals surface area contributed by atoms with Gasteiger partial charge < -0.3 is 5.11 Å². The van der Waals surface area contributed by atoms with Crippen molar-refractivity contribution in [2.45, 2.75) is 25.8 Å². The first-order valence-electron chi connectivity index (χ1n) is 8.20. The van der Waals surface area contributed by atoms with Crippen LogP contribution in [-0.2, 0) is 4.79 Å². The lowest BCUT2D eigenvalue weighted by molar-refractivity contribution is -0.143. The Balaban J connectivity index is 1.97. The minimum Gasteiger partial charge on any atom is -0.481 e. The Kier molecular flexibility index (Phi) is 5.31. The van der Waals surface area contributed by atoms with E-state index in [2.05, 4.69) is 44.9 Å². The van der Waals surface area contributed by atoms with Gasteiger partial charge in [-0.3, -0.25) is 14.7 Å². The van der Waals surface area contributed by atoms with Crippen molar-refractivity contribution in [1.29, 1.82) is 0 Å². The van der Waals surface area contributed by atoms with Gasteiger partial charge in [-0.1, -0.05) is 40.2 Å². The summed E-state index contributed by atoms with van der Waals surface area (Å²) in [6, 6.07) is 12.3. The second kappa shape index (κ2) is 7.45. The van der Waals surface area contributed by atoms with E-state index in [1.54, 1.807) is 0 Å². The van der Waals surface area contributed by atoms with Gasteiger partial charge in [-0.15, -0.1) is 0 Å². The predicted molar refractivity (Wildman–Crippen MR) is 96.9 cm³/mol. The van der Waals surface area contributed by atoms with E-state index < -0.39 is 5.97 Å². The summed E-state index contributed by atoms with van der Waals surface area (Å²) in [5.41, 5.74) is 3.37. The molecule has 1 fully saturated rings. The molecular weight excluding hydrogens is 368 g/mol. The molecule has 3 rings (SSSR count). The lowest BCUT2D eigenvalue weighted by Crippen LogP contribution is -2.39. The number of nitrogens with zero attached hydrogens (tertiary/aromatic N) is 2. The highest BCUT2D eigenvalue weighted by atomic mass is 79.9. The number of halogens is 1. The molecule has 1 unspecified atom stereocenters. The molecule has 1 N–H and O–H groups in total. The highest BCUT2D eigenvalue weighted by Crippen LogP contribution is 2.36. The fourth-order valence-electron chi connectivity index (χ4n) is 3.40. The van der Waals surface area contributed by atoms with Crippen LogP contribution in [-0.4, -0.2) is 34.0 Å². The zero-order chi connectivity index (χ0) is 17.1. The zero-order valence-corrected chi connectivity index (χ0v) is 15.2. The highest BCUT2D eigenvalue weighted by Gasteiger charge is 2.32. The lowest BCUT2D eigenvalue weighted by Gasteiger charge is -2.37. The summed E-state index contributed by atoms with van der Waals surface area (Å²) >= 11 is 3.67. The summed E-state index contributed by atoms with van der Waals surface area (Å²) in [5, 5.41) is 9.25. The summed E-state index contributed by atoms with van der Waals surface area (Å²) in [6.07, 6.45) is 3.19. The van der Waals surface area contributed by atoms with E-state index in [0.717, 1.165) is 28.8 Å². The van der Waals surface area contributed by atoms with E-state index in [0.29, 0.717) is 12.8 Å². The van der Waals surface area contributed by atoms with Crippen molar-refractivity contribution >= 4 is 21.9 Å². The van der Waals surface area contributed by atoms with Crippen LogP contribution in [0.25, 0.3) is 0 Å². The smallest absolute Gasteiger partial charge is 0.306 e. The number of aliphatic carboxylic acids is 1. The van der Waals surface area contributed by atoms with Crippen molar-refractivity contribution < 1.29 is 9.90 Å². The Morgan fingerprint density at radius 3 is 2.58 bits per heavy atom. The number of piperidine rings is 1. The number of aryl methyl sites for hydroxylation is 1. The van der Waals surface area contributed by atoms with Crippen LogP contribution in [0.5, 0.6) is 0 Å². The van der Waals surface area contributed by atoms with Crippen LogP contribution in [0.3, 0.4) is 0 Å². The molecule has 1 atom stereocenters. The Morgan fingerprint density at radius 2 is 1.96 bits per heavy atom. The van der Waals surface area contributed by atoms with Gasteiger partial charge in [-0.2, -0.15) is 0 Å². The van der Waals surface area contributed by atoms with Gasteiger partial charge in [0.05, 0.1) is 17.7 Å². The molecule has 1 aromatic carbocycles. The Morgan fingerprint density at radius 1 is 1.25 bits per heavy atom. The number of pyridine rings is 1. The molecule has 4 nitrogen and oxygen atoms in total. The number of rotatable bonds is 4. The normalized spacial score (nSPS) is 17.6. The van der Waals surface area contributed by atoms with Crippen molar-refractivity contribution in [1.82, 2.24) is 9.88 Å². The number of carboxylic acids is 1. The summed E-state index contributed by atoms with van der Waals surface area (Å²) in [5.74, 6) is -0.910. The van der Waals surface area contributed by atoms with Gasteiger partial charge in [-0.25, -0.2) is 0 Å². The molecule has 0 saturated carbocycles. The highest BCUT2D eigenvalue weighted by molar-refractivity contribution is 9.10. The minimum atomic E-state index is -0.680. The van der Waals surface area contributed by atoms with Gasteiger partial charge in [0.2, 0.25) is 0 Å². The lowest BCUT2D eigenvalue weighted by atomic mass is 9.92. The Labute approximate surface area is 150 Å². The first-order chi connectivity index (χ1) is 11.6. The number of aromatic nitrogens is 1. The maximum absolute atomic E-state index is 11.2. The van der Waals surface area contributed by atoms with Gasteiger partial charge in [0.25, 0.3) is 0 Å². The van der Waals surface area contributed by atoms with Gasteiger partial charge in [0, 0.05) is 10.7 Å². The summed E-state index contributed by atoms with van der Waals surface area (Å²) in [6.45, 7) is 3.61. The minimum absolute atomic E-state index is 0.0384. The van der Waals surface area contributed by atoms with Gasteiger partial charge in [-0.05, 0) is 56.1 Å². The van der Waals surface area contributed by atoms with Crippen LogP contribution in [0.4, 0.5) is 0 Å². The largest absolute Gasteiger partial charge is 0.481 e. The molecule has 1 aliphatic rings. The molecule has 2 heterocycles. The first-order valence-corrected chi connectivity index (χ1v) is 9.00. The average molecular weight is 389 g/mol. The fourth-order valence-corrected chi connectivity index (χ4v) is 3.90. The van der Waals surface area contributed by atoms with E-state index in [1.165, 1.54) is 5.56 Å². The van der Waals surface area contributed by atoms with E-state index in [-0.39, 0.29) is 12.0 Å². The Hall–Kier alpha value is -1.72. The van der Waals surface area contributed by atoms with Crippen molar-refractivity contribution in [2.24, 2.45) is 5.92 Å². The maximum Gasteiger partial charge on any atom is 0.306 e. The number of hydrogen-bond acceptors (Lipinski definition) is 3.